The van der Waals surface area contributed by atoms with E-state index in [-0.39, 0.29) is 38.2 Å². The van der Waals surface area contributed by atoms with E-state index in [1.165, 1.54) is 7.05 Å². The van der Waals surface area contributed by atoms with Crippen LogP contribution >= 0.6 is 22.6 Å². The molecule has 1 aliphatic rings. The van der Waals surface area contributed by atoms with Crippen molar-refractivity contribution in [3.63, 3.8) is 0 Å². The largest absolute Gasteiger partial charge is 0.464 e. The van der Waals surface area contributed by atoms with Gasteiger partial charge >= 0.3 is 5.97 Å². The number of benzene rings is 2. The normalized spacial score (nSPS) is 14.9. The van der Waals surface area contributed by atoms with Crippen LogP contribution in [0.15, 0.2) is 60.7 Å². The van der Waals surface area contributed by atoms with Crippen molar-refractivity contribution in [1.29, 1.82) is 0 Å². The molecule has 4 amide bonds. The van der Waals surface area contributed by atoms with Crippen molar-refractivity contribution in [2.45, 2.75) is 50.2 Å². The minimum absolute atomic E-state index is 0.0686. The Hall–Kier alpha value is -3.60. The van der Waals surface area contributed by atoms with Gasteiger partial charge in [-0.3, -0.25) is 19.2 Å². The van der Waals surface area contributed by atoms with Crippen LogP contribution in [-0.4, -0.2) is 98.8 Å². The van der Waals surface area contributed by atoms with E-state index in [2.05, 4.69) is 49.6 Å². The molecule has 13 nitrogen and oxygen atoms in total. The molecule has 0 aromatic heterocycles. The summed E-state index contributed by atoms with van der Waals surface area (Å²) in [4.78, 5) is 64.0. The third-order valence-electron chi connectivity index (χ3n) is 6.84. The Morgan fingerprint density at radius 1 is 0.809 bits per heavy atom. The lowest BCUT2D eigenvalue weighted by molar-refractivity contribution is -0.141. The predicted molar refractivity (Wildman–Crippen MR) is 185 cm³/mol. The number of nitrogens with one attached hydrogen (secondary N) is 4. The fourth-order valence-electron chi connectivity index (χ4n) is 4.51. The molecule has 0 radical (unpaired) electrons. The van der Waals surface area contributed by atoms with Gasteiger partial charge < -0.3 is 41.2 Å². The van der Waals surface area contributed by atoms with Crippen molar-refractivity contribution < 1.29 is 38.2 Å². The van der Waals surface area contributed by atoms with Gasteiger partial charge in [-0.25, -0.2) is 4.79 Å². The molecular weight excluding hydrogens is 721 g/mol. The van der Waals surface area contributed by atoms with Crippen LogP contribution in [0.4, 0.5) is 0 Å². The van der Waals surface area contributed by atoms with E-state index >= 15 is 0 Å². The fourth-order valence-corrected chi connectivity index (χ4v) is 4.82. The van der Waals surface area contributed by atoms with Crippen molar-refractivity contribution in [3.8, 4) is 0 Å². The molecule has 6 N–H and O–H groups in total. The summed E-state index contributed by atoms with van der Waals surface area (Å²) in [7, 11) is 1.50. The number of rotatable bonds is 20. The van der Waals surface area contributed by atoms with Gasteiger partial charge in [-0.2, -0.15) is 0 Å². The standard InChI is InChI=1S/C32H41IN4O8.CH5N/c33-14-17-43-19-20-44-18-15-34-28(38)11-12-29(39)35-26(21-23-7-3-1-4-8-23)30(40)37-27(22-24-9-5-2-6-10-24)31(41)36-25-13-16-45-32(25)42;1-2/h1-10,25-27H,11-22H2,(H,34,38)(H,35,39)(H,36,41)(H,37,40);2H2,1H3. The summed E-state index contributed by atoms with van der Waals surface area (Å²) in [5.41, 5.74) is 6.10. The van der Waals surface area contributed by atoms with E-state index in [1.807, 2.05) is 60.7 Å². The number of cyclic esters (lactones) is 1. The number of halogens is 1. The minimum atomic E-state index is -1.02. The quantitative estimate of drug-likeness (QED) is 0.0563. The maximum absolute atomic E-state index is 13.6. The number of amides is 4. The van der Waals surface area contributed by atoms with E-state index in [1.54, 1.807) is 0 Å². The van der Waals surface area contributed by atoms with Gasteiger partial charge in [-0.1, -0.05) is 83.3 Å². The lowest BCUT2D eigenvalue weighted by Gasteiger charge is -2.24. The van der Waals surface area contributed by atoms with E-state index in [9.17, 15) is 24.0 Å². The van der Waals surface area contributed by atoms with Crippen LogP contribution < -0.4 is 27.0 Å². The van der Waals surface area contributed by atoms with Crippen molar-refractivity contribution in [2.75, 3.05) is 51.1 Å². The van der Waals surface area contributed by atoms with Crippen LogP contribution in [0, 0.1) is 0 Å². The second-order valence-electron chi connectivity index (χ2n) is 10.3. The van der Waals surface area contributed by atoms with Crippen LogP contribution in [0.5, 0.6) is 0 Å². The Morgan fingerprint density at radius 3 is 1.91 bits per heavy atom. The van der Waals surface area contributed by atoms with Crippen molar-refractivity contribution in [3.05, 3.63) is 71.8 Å². The molecule has 258 valence electrons. The second kappa shape index (κ2) is 23.7. The van der Waals surface area contributed by atoms with Gasteiger partial charge in [0.1, 0.15) is 18.1 Å². The van der Waals surface area contributed by atoms with E-state index < -0.39 is 41.8 Å². The molecule has 1 saturated heterocycles. The molecule has 2 aromatic carbocycles. The van der Waals surface area contributed by atoms with Crippen LogP contribution in [0.3, 0.4) is 0 Å². The molecule has 3 unspecified atom stereocenters. The van der Waals surface area contributed by atoms with Crippen molar-refractivity contribution >= 4 is 52.2 Å². The molecule has 2 aromatic rings. The first-order chi connectivity index (χ1) is 22.9. The van der Waals surface area contributed by atoms with E-state index in [4.69, 9.17) is 14.2 Å². The minimum Gasteiger partial charge on any atom is -0.464 e. The summed E-state index contributed by atoms with van der Waals surface area (Å²) in [6.45, 7) is 2.42. The number of carbonyl (C=O) groups is 5. The van der Waals surface area contributed by atoms with Gasteiger partial charge in [0.05, 0.1) is 33.0 Å². The summed E-state index contributed by atoms with van der Waals surface area (Å²) in [6, 6.07) is 15.5. The predicted octanol–water partition coefficient (Wildman–Crippen LogP) is 0.813. The van der Waals surface area contributed by atoms with Crippen LogP contribution in [0.2, 0.25) is 0 Å². The highest BCUT2D eigenvalue weighted by Crippen LogP contribution is 2.10. The van der Waals surface area contributed by atoms with Crippen molar-refractivity contribution in [1.82, 2.24) is 21.3 Å². The van der Waals surface area contributed by atoms with Gasteiger partial charge in [-0.05, 0) is 18.2 Å². The number of hydrogen-bond acceptors (Lipinski definition) is 9. The first-order valence-corrected chi connectivity index (χ1v) is 17.1. The zero-order chi connectivity index (χ0) is 34.3. The van der Waals surface area contributed by atoms with Gasteiger partial charge in [0.15, 0.2) is 0 Å². The molecule has 3 rings (SSSR count). The molecule has 0 spiro atoms. The third-order valence-corrected chi connectivity index (χ3v) is 7.28. The van der Waals surface area contributed by atoms with Gasteiger partial charge in [-0.15, -0.1) is 0 Å². The monoisotopic (exact) mass is 767 g/mol. The smallest absolute Gasteiger partial charge is 0.328 e. The molecule has 0 saturated carbocycles. The fraction of sp³-hybridized carbons (Fsp3) is 0.485. The summed E-state index contributed by atoms with van der Waals surface area (Å²) in [6.07, 6.45) is 0.477. The Morgan fingerprint density at radius 2 is 1.36 bits per heavy atom. The molecule has 1 fully saturated rings. The molecule has 14 heteroatoms. The average molecular weight is 768 g/mol. The summed E-state index contributed by atoms with van der Waals surface area (Å²) in [5.74, 6) is -2.42. The zero-order valence-electron chi connectivity index (χ0n) is 26.7. The maximum Gasteiger partial charge on any atom is 0.328 e. The Kier molecular flexibility index (Phi) is 19.9. The Labute approximate surface area is 289 Å². The van der Waals surface area contributed by atoms with Gasteiger partial charge in [0.25, 0.3) is 0 Å². The zero-order valence-corrected chi connectivity index (χ0v) is 28.9. The Bertz CT molecular complexity index is 1240. The third kappa shape index (κ3) is 16.2. The highest BCUT2D eigenvalue weighted by molar-refractivity contribution is 14.1. The molecule has 1 aliphatic heterocycles. The molecular formula is C33H46IN5O8. The van der Waals surface area contributed by atoms with Gasteiger partial charge in [0.2, 0.25) is 23.6 Å². The van der Waals surface area contributed by atoms with Crippen LogP contribution in [-0.2, 0) is 51.0 Å². The Balaban J connectivity index is 0.00000376. The lowest BCUT2D eigenvalue weighted by Crippen LogP contribution is -2.56. The van der Waals surface area contributed by atoms with Gasteiger partial charge in [0, 0.05) is 43.1 Å². The highest BCUT2D eigenvalue weighted by atomic mass is 127. The summed E-state index contributed by atoms with van der Waals surface area (Å²) in [5, 5.41) is 10.9. The topological polar surface area (TPSA) is 187 Å². The SMILES string of the molecule is CN.O=C(CCC(=O)NC(Cc1ccccc1)C(=O)NC(Cc1ccccc1)C(=O)NC1CCOC1=O)NCCOCCOCCI. The van der Waals surface area contributed by atoms with E-state index in [0.29, 0.717) is 39.4 Å². The van der Waals surface area contributed by atoms with Crippen molar-refractivity contribution in [2.24, 2.45) is 5.73 Å². The highest BCUT2D eigenvalue weighted by Gasteiger charge is 2.32. The van der Waals surface area contributed by atoms with E-state index in [0.717, 1.165) is 15.6 Å². The average Bonchev–Trinajstić information content (AvgIpc) is 3.49. The first-order valence-electron chi connectivity index (χ1n) is 15.6. The second-order valence-corrected chi connectivity index (χ2v) is 11.4. The summed E-state index contributed by atoms with van der Waals surface area (Å²) < 4.78 is 16.6. The molecule has 1 heterocycles. The number of nitrogens with two attached hydrogens (primary N) is 1. The molecule has 47 heavy (non-hydrogen) atoms. The number of hydrogen-bond donors (Lipinski definition) is 5. The van der Waals surface area contributed by atoms with Crippen LogP contribution in [0.1, 0.15) is 30.4 Å². The molecule has 3 atom stereocenters. The number of carbonyl (C=O) groups excluding carboxylic acids is 5. The first kappa shape index (κ1) is 39.6. The number of esters is 1. The number of ether oxygens (including phenoxy) is 3. The molecule has 0 bridgehead atoms. The number of alkyl halides is 1. The molecule has 0 aliphatic carbocycles. The maximum atomic E-state index is 13.6. The summed E-state index contributed by atoms with van der Waals surface area (Å²) >= 11 is 2.22. The lowest BCUT2D eigenvalue weighted by atomic mass is 10.0. The van der Waals surface area contributed by atoms with Crippen LogP contribution in [0.25, 0.3) is 0 Å².